The maximum absolute atomic E-state index is 12.8. The van der Waals surface area contributed by atoms with Crippen molar-refractivity contribution < 1.29 is 17.2 Å². The fraction of sp³-hybridized carbons (Fsp3) is 1.00. The number of nitrogens with zero attached hydrogens (tertiary/aromatic N) is 1. The van der Waals surface area contributed by atoms with Crippen molar-refractivity contribution in [3.63, 3.8) is 0 Å². The second-order valence-electron chi connectivity index (χ2n) is 4.02. The van der Waals surface area contributed by atoms with Gasteiger partial charge in [0.1, 0.15) is 0 Å². The molecule has 0 atom stereocenters. The van der Waals surface area contributed by atoms with Gasteiger partial charge in [-0.2, -0.15) is 12.7 Å². The van der Waals surface area contributed by atoms with Gasteiger partial charge in [0, 0.05) is 37.1 Å². The van der Waals surface area contributed by atoms with Gasteiger partial charge in [-0.25, -0.2) is 8.78 Å². The molecule has 0 spiro atoms. The van der Waals surface area contributed by atoms with E-state index in [9.17, 15) is 17.2 Å². The Morgan fingerprint density at radius 3 is 2.27 bits per heavy atom. The van der Waals surface area contributed by atoms with E-state index in [0.29, 0.717) is 12.8 Å². The summed E-state index contributed by atoms with van der Waals surface area (Å²) >= 11 is 0. The molecule has 0 bridgehead atoms. The van der Waals surface area contributed by atoms with Crippen molar-refractivity contribution in [2.24, 2.45) is 5.92 Å². The number of rotatable bonds is 3. The lowest BCUT2D eigenvalue weighted by atomic mass is 9.87. The molecule has 0 aromatic carbocycles. The Hall–Kier alpha value is 0.0600. The quantitative estimate of drug-likeness (QED) is 0.731. The van der Waals surface area contributed by atoms with Crippen LogP contribution in [0.25, 0.3) is 0 Å². The zero-order chi connectivity index (χ0) is 11.7. The van der Waals surface area contributed by atoms with Crippen LogP contribution in [0.1, 0.15) is 25.7 Å². The van der Waals surface area contributed by atoms with Crippen molar-refractivity contribution in [3.8, 4) is 0 Å². The summed E-state index contributed by atoms with van der Waals surface area (Å²) in [5, 5.41) is 0. The molecule has 1 aliphatic rings. The summed E-state index contributed by atoms with van der Waals surface area (Å²) in [6.45, 7) is 0.224. The third-order valence-electron chi connectivity index (χ3n) is 2.72. The fourth-order valence-electron chi connectivity index (χ4n) is 1.74. The molecule has 0 radical (unpaired) electrons. The van der Waals surface area contributed by atoms with Gasteiger partial charge < -0.3 is 0 Å². The van der Waals surface area contributed by atoms with E-state index in [1.165, 1.54) is 7.05 Å². The minimum atomic E-state index is -3.71. The van der Waals surface area contributed by atoms with E-state index in [1.807, 2.05) is 0 Å². The summed E-state index contributed by atoms with van der Waals surface area (Å²) in [5.74, 6) is -2.59. The van der Waals surface area contributed by atoms with Crippen molar-refractivity contribution in [1.82, 2.24) is 4.31 Å². The maximum Gasteiger partial charge on any atom is 0.299 e. The Morgan fingerprint density at radius 1 is 1.40 bits per heavy atom. The van der Waals surface area contributed by atoms with Gasteiger partial charge in [-0.1, -0.05) is 0 Å². The van der Waals surface area contributed by atoms with E-state index in [2.05, 4.69) is 0 Å². The minimum absolute atomic E-state index is 0.0110. The highest BCUT2D eigenvalue weighted by Crippen LogP contribution is 2.36. The Labute approximate surface area is 92.9 Å². The lowest BCUT2D eigenvalue weighted by Crippen LogP contribution is -2.33. The van der Waals surface area contributed by atoms with Gasteiger partial charge in [0.05, 0.1) is 0 Å². The first-order valence-corrected chi connectivity index (χ1v) is 7.01. The molecule has 0 N–H and O–H groups in total. The minimum Gasteiger partial charge on any atom is -0.207 e. The van der Waals surface area contributed by atoms with Gasteiger partial charge >= 0.3 is 0 Å². The van der Waals surface area contributed by atoms with E-state index in [-0.39, 0.29) is 25.3 Å². The molecule has 7 heteroatoms. The summed E-state index contributed by atoms with van der Waals surface area (Å²) in [6, 6.07) is 0. The molecule has 0 unspecified atom stereocenters. The standard InChI is InChI=1S/C8H14ClF2NO2S/c1-12(15(9,13)14)6-7-2-4-8(10,11)5-3-7/h7H,2-6H2,1H3. The van der Waals surface area contributed by atoms with Gasteiger partial charge in [0.15, 0.2) is 0 Å². The van der Waals surface area contributed by atoms with E-state index in [1.54, 1.807) is 0 Å². The van der Waals surface area contributed by atoms with Gasteiger partial charge in [-0.3, -0.25) is 0 Å². The molecule has 3 nitrogen and oxygen atoms in total. The normalized spacial score (nSPS) is 23.3. The van der Waals surface area contributed by atoms with Crippen LogP contribution < -0.4 is 0 Å². The highest BCUT2D eigenvalue weighted by molar-refractivity contribution is 8.11. The summed E-state index contributed by atoms with van der Waals surface area (Å²) in [6.07, 6.45) is 0.384. The van der Waals surface area contributed by atoms with Crippen molar-refractivity contribution in [2.75, 3.05) is 13.6 Å². The van der Waals surface area contributed by atoms with Gasteiger partial charge in [-0.15, -0.1) is 0 Å². The van der Waals surface area contributed by atoms with Crippen molar-refractivity contribution in [3.05, 3.63) is 0 Å². The molecule has 1 rings (SSSR count). The summed E-state index contributed by atoms with van der Waals surface area (Å²) < 4.78 is 48.3. The predicted molar refractivity (Wildman–Crippen MR) is 54.3 cm³/mol. The molecule has 1 saturated carbocycles. The molecule has 15 heavy (non-hydrogen) atoms. The SMILES string of the molecule is CN(CC1CCC(F)(F)CC1)S(=O)(=O)Cl. The van der Waals surface area contributed by atoms with E-state index in [4.69, 9.17) is 10.7 Å². The zero-order valence-electron chi connectivity index (χ0n) is 8.42. The number of hydrogen-bond acceptors (Lipinski definition) is 2. The van der Waals surface area contributed by atoms with E-state index >= 15 is 0 Å². The Kier molecular flexibility index (Phi) is 3.95. The topological polar surface area (TPSA) is 37.4 Å². The van der Waals surface area contributed by atoms with Crippen LogP contribution in [0, 0.1) is 5.92 Å². The lowest BCUT2D eigenvalue weighted by molar-refractivity contribution is -0.0466. The predicted octanol–water partition coefficient (Wildman–Crippen LogP) is 2.23. The van der Waals surface area contributed by atoms with E-state index < -0.39 is 15.2 Å². The van der Waals surface area contributed by atoms with Crippen LogP contribution in [0.3, 0.4) is 0 Å². The second kappa shape index (κ2) is 4.51. The van der Waals surface area contributed by atoms with E-state index in [0.717, 1.165) is 4.31 Å². The first kappa shape index (κ1) is 13.1. The molecule has 0 aromatic rings. The summed E-state index contributed by atoms with van der Waals surface area (Å²) in [4.78, 5) is 0. The highest BCUT2D eigenvalue weighted by Gasteiger charge is 2.35. The summed E-state index contributed by atoms with van der Waals surface area (Å²) in [5.41, 5.74) is 0. The van der Waals surface area contributed by atoms with Crippen LogP contribution in [0.2, 0.25) is 0 Å². The van der Waals surface area contributed by atoms with Crippen LogP contribution in [-0.4, -0.2) is 32.2 Å². The molecule has 0 aromatic heterocycles. The van der Waals surface area contributed by atoms with Gasteiger partial charge in [0.25, 0.3) is 9.24 Å². The van der Waals surface area contributed by atoms with Crippen LogP contribution in [0.4, 0.5) is 8.78 Å². The van der Waals surface area contributed by atoms with Crippen LogP contribution >= 0.6 is 10.7 Å². The molecule has 0 heterocycles. The molecule has 0 amide bonds. The average molecular weight is 262 g/mol. The molecule has 90 valence electrons. The molecule has 1 aliphatic carbocycles. The fourth-order valence-corrected chi connectivity index (χ4v) is 2.29. The van der Waals surface area contributed by atoms with Crippen molar-refractivity contribution in [2.45, 2.75) is 31.6 Å². The van der Waals surface area contributed by atoms with Gasteiger partial charge in [0.2, 0.25) is 5.92 Å². The molecule has 1 fully saturated rings. The Morgan fingerprint density at radius 2 is 1.87 bits per heavy atom. The van der Waals surface area contributed by atoms with Crippen molar-refractivity contribution in [1.29, 1.82) is 0 Å². The Balaban J connectivity index is 2.43. The number of halogens is 3. The van der Waals surface area contributed by atoms with Crippen LogP contribution in [0.15, 0.2) is 0 Å². The number of alkyl halides is 2. The number of hydrogen-bond donors (Lipinski definition) is 0. The molecular weight excluding hydrogens is 248 g/mol. The lowest BCUT2D eigenvalue weighted by Gasteiger charge is -2.29. The largest absolute Gasteiger partial charge is 0.299 e. The molecule has 0 aliphatic heterocycles. The first-order valence-electron chi connectivity index (χ1n) is 4.74. The molecular formula is C8H14ClF2NO2S. The smallest absolute Gasteiger partial charge is 0.207 e. The summed E-state index contributed by atoms with van der Waals surface area (Å²) in [7, 11) is 2.75. The van der Waals surface area contributed by atoms with Crippen LogP contribution in [0.5, 0.6) is 0 Å². The Bertz CT molecular complexity index is 311. The average Bonchev–Trinajstić information content (AvgIpc) is 2.07. The van der Waals surface area contributed by atoms with Crippen molar-refractivity contribution >= 4 is 19.9 Å². The van der Waals surface area contributed by atoms with Gasteiger partial charge in [-0.05, 0) is 18.8 Å². The first-order chi connectivity index (χ1) is 6.71. The second-order valence-corrected chi connectivity index (χ2v) is 6.64. The zero-order valence-corrected chi connectivity index (χ0v) is 9.99. The third kappa shape index (κ3) is 4.20. The molecule has 0 saturated heterocycles. The highest BCUT2D eigenvalue weighted by atomic mass is 35.7. The monoisotopic (exact) mass is 261 g/mol. The van der Waals surface area contributed by atoms with Crippen LogP contribution in [-0.2, 0) is 9.24 Å². The maximum atomic E-state index is 12.8. The third-order valence-corrected chi connectivity index (χ3v) is 4.32.